The second-order valence-electron chi connectivity index (χ2n) is 2.03. The summed E-state index contributed by atoms with van der Waals surface area (Å²) in [6.07, 6.45) is 1.18. The van der Waals surface area contributed by atoms with Gasteiger partial charge in [-0.1, -0.05) is 0 Å². The molecule has 0 saturated carbocycles. The van der Waals surface area contributed by atoms with Crippen molar-refractivity contribution in [2.24, 2.45) is 0 Å². The lowest BCUT2D eigenvalue weighted by atomic mass is 10.3. The first-order chi connectivity index (χ1) is 6.11. The van der Waals surface area contributed by atoms with Gasteiger partial charge in [-0.05, 0) is 12.1 Å². The Bertz CT molecular complexity index is 316. The largest absolute Gasteiger partial charge is 0.476 e. The van der Waals surface area contributed by atoms with Gasteiger partial charge in [0, 0.05) is 6.20 Å². The van der Waals surface area contributed by atoms with E-state index in [9.17, 15) is 13.6 Å². The maximum Gasteiger partial charge on any atom is 0.387 e. The standard InChI is InChI=1S/C7H5F2NO3/c8-7(9)13-4-2-1-3-10-5(4)6(11)12/h1-3,7H,(H,11,12). The number of aromatic nitrogens is 1. The molecule has 0 aromatic carbocycles. The Balaban J connectivity index is 2.98. The fraction of sp³-hybridized carbons (Fsp3) is 0.143. The zero-order valence-corrected chi connectivity index (χ0v) is 6.28. The Kier molecular flexibility index (Phi) is 2.73. The van der Waals surface area contributed by atoms with Crippen molar-refractivity contribution < 1.29 is 23.4 Å². The van der Waals surface area contributed by atoms with E-state index in [-0.39, 0.29) is 0 Å². The average molecular weight is 189 g/mol. The third kappa shape index (κ3) is 2.36. The van der Waals surface area contributed by atoms with Crippen LogP contribution in [0.1, 0.15) is 10.5 Å². The number of carboxylic acids is 1. The van der Waals surface area contributed by atoms with Gasteiger partial charge in [0.05, 0.1) is 0 Å². The maximum atomic E-state index is 11.7. The summed E-state index contributed by atoms with van der Waals surface area (Å²) in [6, 6.07) is 2.42. The normalized spacial score (nSPS) is 10.1. The molecule has 0 fully saturated rings. The molecule has 0 bridgehead atoms. The Hall–Kier alpha value is -1.72. The van der Waals surface area contributed by atoms with Gasteiger partial charge in [-0.3, -0.25) is 0 Å². The molecule has 0 aliphatic rings. The highest BCUT2D eigenvalue weighted by Crippen LogP contribution is 2.17. The van der Waals surface area contributed by atoms with Gasteiger partial charge in [0.2, 0.25) is 0 Å². The molecule has 1 rings (SSSR count). The van der Waals surface area contributed by atoms with E-state index in [2.05, 4.69) is 9.72 Å². The molecule has 1 aromatic heterocycles. The summed E-state index contributed by atoms with van der Waals surface area (Å²) in [5.41, 5.74) is -0.525. The summed E-state index contributed by atoms with van der Waals surface area (Å²) < 4.78 is 27.4. The van der Waals surface area contributed by atoms with Gasteiger partial charge in [0.15, 0.2) is 11.4 Å². The van der Waals surface area contributed by atoms with Crippen LogP contribution < -0.4 is 4.74 Å². The highest BCUT2D eigenvalue weighted by atomic mass is 19.3. The van der Waals surface area contributed by atoms with Crippen LogP contribution in [-0.2, 0) is 0 Å². The summed E-state index contributed by atoms with van der Waals surface area (Å²) in [5, 5.41) is 8.49. The number of aromatic carboxylic acids is 1. The van der Waals surface area contributed by atoms with Crippen molar-refractivity contribution >= 4 is 5.97 Å². The predicted molar refractivity (Wildman–Crippen MR) is 37.8 cm³/mol. The number of hydrogen-bond donors (Lipinski definition) is 1. The molecule has 1 aromatic rings. The molecule has 4 nitrogen and oxygen atoms in total. The van der Waals surface area contributed by atoms with Crippen LogP contribution in [0.2, 0.25) is 0 Å². The van der Waals surface area contributed by atoms with Crippen LogP contribution in [0.25, 0.3) is 0 Å². The van der Waals surface area contributed by atoms with Crippen molar-refractivity contribution in [3.8, 4) is 5.75 Å². The molecule has 0 amide bonds. The zero-order valence-electron chi connectivity index (χ0n) is 6.28. The fourth-order valence-electron chi connectivity index (χ4n) is 0.742. The van der Waals surface area contributed by atoms with E-state index in [1.54, 1.807) is 0 Å². The molecule has 0 spiro atoms. The molecule has 13 heavy (non-hydrogen) atoms. The molecule has 0 saturated heterocycles. The zero-order chi connectivity index (χ0) is 9.84. The van der Waals surface area contributed by atoms with Gasteiger partial charge in [-0.25, -0.2) is 9.78 Å². The van der Waals surface area contributed by atoms with Gasteiger partial charge in [0.25, 0.3) is 0 Å². The van der Waals surface area contributed by atoms with Crippen molar-refractivity contribution in [3.05, 3.63) is 24.0 Å². The number of rotatable bonds is 3. The second kappa shape index (κ2) is 3.79. The van der Waals surface area contributed by atoms with Crippen LogP contribution in [0, 0.1) is 0 Å². The van der Waals surface area contributed by atoms with Crippen molar-refractivity contribution in [2.45, 2.75) is 6.61 Å². The fourth-order valence-corrected chi connectivity index (χ4v) is 0.742. The van der Waals surface area contributed by atoms with Crippen LogP contribution in [-0.4, -0.2) is 22.7 Å². The third-order valence-corrected chi connectivity index (χ3v) is 1.19. The summed E-state index contributed by atoms with van der Waals surface area (Å²) in [5.74, 6) is -1.85. The molecule has 0 aliphatic heterocycles. The molecule has 0 atom stereocenters. The molecule has 1 N–H and O–H groups in total. The minimum atomic E-state index is -3.05. The van der Waals surface area contributed by atoms with Crippen molar-refractivity contribution in [3.63, 3.8) is 0 Å². The summed E-state index contributed by atoms with van der Waals surface area (Å²) in [7, 11) is 0. The third-order valence-electron chi connectivity index (χ3n) is 1.19. The van der Waals surface area contributed by atoms with Crippen LogP contribution >= 0.6 is 0 Å². The predicted octanol–water partition coefficient (Wildman–Crippen LogP) is 1.38. The van der Waals surface area contributed by atoms with E-state index in [1.165, 1.54) is 12.3 Å². The number of nitrogens with zero attached hydrogens (tertiary/aromatic N) is 1. The topological polar surface area (TPSA) is 59.4 Å². The quantitative estimate of drug-likeness (QED) is 0.780. The first-order valence-corrected chi connectivity index (χ1v) is 3.24. The first-order valence-electron chi connectivity index (χ1n) is 3.24. The molecule has 70 valence electrons. The highest BCUT2D eigenvalue weighted by Gasteiger charge is 2.15. The van der Waals surface area contributed by atoms with Gasteiger partial charge < -0.3 is 9.84 Å². The Morgan fingerprint density at radius 3 is 2.85 bits per heavy atom. The Morgan fingerprint density at radius 2 is 2.31 bits per heavy atom. The summed E-state index contributed by atoms with van der Waals surface area (Å²) in [6.45, 7) is -3.05. The lowest BCUT2D eigenvalue weighted by molar-refractivity contribution is -0.0506. The smallest absolute Gasteiger partial charge is 0.387 e. The van der Waals surface area contributed by atoms with Crippen molar-refractivity contribution in [2.75, 3.05) is 0 Å². The Labute approximate surface area is 71.8 Å². The average Bonchev–Trinajstić information content (AvgIpc) is 2.03. The van der Waals surface area contributed by atoms with Gasteiger partial charge in [0.1, 0.15) is 0 Å². The van der Waals surface area contributed by atoms with Crippen molar-refractivity contribution in [1.29, 1.82) is 0 Å². The van der Waals surface area contributed by atoms with E-state index in [4.69, 9.17) is 5.11 Å². The Morgan fingerprint density at radius 1 is 1.62 bits per heavy atom. The number of halogens is 2. The lowest BCUT2D eigenvalue weighted by Gasteiger charge is -2.05. The van der Waals surface area contributed by atoms with Crippen molar-refractivity contribution in [1.82, 2.24) is 4.98 Å². The number of alkyl halides is 2. The number of pyridine rings is 1. The summed E-state index contributed by atoms with van der Waals surface area (Å²) in [4.78, 5) is 13.8. The molecular weight excluding hydrogens is 184 g/mol. The molecule has 0 radical (unpaired) electrons. The molecule has 0 aliphatic carbocycles. The van der Waals surface area contributed by atoms with E-state index in [1.807, 2.05) is 0 Å². The minimum absolute atomic E-state index is 0.440. The van der Waals surface area contributed by atoms with Gasteiger partial charge in [-0.15, -0.1) is 0 Å². The van der Waals surface area contributed by atoms with E-state index < -0.39 is 24.0 Å². The number of ether oxygens (including phenoxy) is 1. The first kappa shape index (κ1) is 9.37. The molecular formula is C7H5F2NO3. The van der Waals surface area contributed by atoms with Crippen LogP contribution in [0.3, 0.4) is 0 Å². The van der Waals surface area contributed by atoms with E-state index >= 15 is 0 Å². The monoisotopic (exact) mass is 189 g/mol. The second-order valence-corrected chi connectivity index (χ2v) is 2.03. The highest BCUT2D eigenvalue weighted by molar-refractivity contribution is 5.88. The van der Waals surface area contributed by atoms with Crippen LogP contribution in [0.5, 0.6) is 5.75 Å². The van der Waals surface area contributed by atoms with E-state index in [0.717, 1.165) is 6.07 Å². The van der Waals surface area contributed by atoms with E-state index in [0.29, 0.717) is 0 Å². The SMILES string of the molecule is O=C(O)c1ncccc1OC(F)F. The molecule has 1 heterocycles. The minimum Gasteiger partial charge on any atom is -0.476 e. The number of carboxylic acid groups (broad SMARTS) is 1. The molecule has 0 unspecified atom stereocenters. The maximum absolute atomic E-state index is 11.7. The number of hydrogen-bond acceptors (Lipinski definition) is 3. The lowest BCUT2D eigenvalue weighted by Crippen LogP contribution is -2.08. The molecule has 6 heteroatoms. The van der Waals surface area contributed by atoms with Crippen LogP contribution in [0.4, 0.5) is 8.78 Å². The van der Waals surface area contributed by atoms with Gasteiger partial charge >= 0.3 is 12.6 Å². The summed E-state index contributed by atoms with van der Waals surface area (Å²) >= 11 is 0. The number of carbonyl (C=O) groups is 1. The van der Waals surface area contributed by atoms with Crippen LogP contribution in [0.15, 0.2) is 18.3 Å². The van der Waals surface area contributed by atoms with Gasteiger partial charge in [-0.2, -0.15) is 8.78 Å².